The van der Waals surface area contributed by atoms with Crippen LogP contribution in [0.1, 0.15) is 24.8 Å². The molecule has 1 aliphatic heterocycles. The van der Waals surface area contributed by atoms with Crippen molar-refractivity contribution in [1.29, 1.82) is 0 Å². The third-order valence-corrected chi connectivity index (χ3v) is 9.44. The van der Waals surface area contributed by atoms with Crippen LogP contribution in [-0.4, -0.2) is 80.5 Å². The summed E-state index contributed by atoms with van der Waals surface area (Å²) in [6, 6.07) is 18.1. The van der Waals surface area contributed by atoms with Gasteiger partial charge in [-0.3, -0.25) is 14.8 Å². The molecule has 2 amide bonds. The van der Waals surface area contributed by atoms with Gasteiger partial charge in [0.25, 0.3) is 5.91 Å². The number of sulfonamides is 1. The lowest BCUT2D eigenvalue weighted by atomic mass is 9.98. The standard InChI is InChI=1S/C29H36N4O6S.ClH/c1-30-23-14-17-32(18-15-23)28(34)16-19-33(40(37,38)25-12-10-24(39-2)11-13-25)27(29(35)31-36)20-22-8-5-7-21-6-3-4-9-26(21)22;/h3-13,23,27,30,36H,14-20H2,1-2H3,(H,31,35);1H. The molecule has 41 heavy (non-hydrogen) atoms. The van der Waals surface area contributed by atoms with E-state index in [4.69, 9.17) is 4.74 Å². The second-order valence-corrected chi connectivity index (χ2v) is 11.7. The van der Waals surface area contributed by atoms with E-state index >= 15 is 0 Å². The molecule has 1 fully saturated rings. The maximum atomic E-state index is 14.0. The van der Waals surface area contributed by atoms with E-state index in [1.807, 2.05) is 49.5 Å². The summed E-state index contributed by atoms with van der Waals surface area (Å²) in [5.74, 6) is -0.587. The maximum Gasteiger partial charge on any atom is 0.262 e. The van der Waals surface area contributed by atoms with Crippen molar-refractivity contribution in [3.63, 3.8) is 0 Å². The molecule has 222 valence electrons. The summed E-state index contributed by atoms with van der Waals surface area (Å²) < 4.78 is 34.2. The topological polar surface area (TPSA) is 128 Å². The SMILES string of the molecule is CNC1CCN(C(=O)CCN(C(Cc2cccc3ccccc23)C(=O)NO)S(=O)(=O)c2ccc(OC)cc2)CC1.Cl. The lowest BCUT2D eigenvalue weighted by molar-refractivity contribution is -0.135. The average Bonchev–Trinajstić information content (AvgIpc) is 3.00. The molecular weight excluding hydrogens is 568 g/mol. The van der Waals surface area contributed by atoms with Gasteiger partial charge < -0.3 is 15.0 Å². The van der Waals surface area contributed by atoms with Gasteiger partial charge in [-0.05, 0) is 66.9 Å². The van der Waals surface area contributed by atoms with Gasteiger partial charge in [0.15, 0.2) is 0 Å². The Kier molecular flexibility index (Phi) is 11.5. The number of likely N-dealkylation sites (tertiary alicyclic amines) is 1. The van der Waals surface area contributed by atoms with Gasteiger partial charge in [-0.2, -0.15) is 4.31 Å². The number of nitrogens with one attached hydrogen (secondary N) is 2. The normalized spacial score (nSPS) is 14.9. The monoisotopic (exact) mass is 604 g/mol. The lowest BCUT2D eigenvalue weighted by Gasteiger charge is -2.33. The van der Waals surface area contributed by atoms with Crippen molar-refractivity contribution in [2.24, 2.45) is 0 Å². The van der Waals surface area contributed by atoms with Crippen LogP contribution in [0.4, 0.5) is 0 Å². The minimum absolute atomic E-state index is 0. The van der Waals surface area contributed by atoms with E-state index in [0.29, 0.717) is 24.9 Å². The number of hydrogen-bond acceptors (Lipinski definition) is 7. The smallest absolute Gasteiger partial charge is 0.262 e. The molecule has 1 saturated heterocycles. The second kappa shape index (κ2) is 14.6. The van der Waals surface area contributed by atoms with Gasteiger partial charge in [-0.15, -0.1) is 12.4 Å². The number of benzene rings is 3. The molecule has 1 heterocycles. The first-order valence-electron chi connectivity index (χ1n) is 13.3. The number of rotatable bonds is 11. The van der Waals surface area contributed by atoms with Gasteiger partial charge in [-0.25, -0.2) is 13.9 Å². The number of piperidine rings is 1. The van der Waals surface area contributed by atoms with Crippen LogP contribution in [-0.2, 0) is 26.0 Å². The number of fused-ring (bicyclic) bond motifs is 1. The first-order chi connectivity index (χ1) is 19.3. The number of methoxy groups -OCH3 is 1. The molecule has 0 aromatic heterocycles. The quantitative estimate of drug-likeness (QED) is 0.227. The van der Waals surface area contributed by atoms with Gasteiger partial charge in [0, 0.05) is 32.1 Å². The third kappa shape index (κ3) is 7.55. The summed E-state index contributed by atoms with van der Waals surface area (Å²) in [7, 11) is -0.894. The highest BCUT2D eigenvalue weighted by atomic mass is 35.5. The van der Waals surface area contributed by atoms with E-state index < -0.39 is 22.0 Å². The molecule has 0 bridgehead atoms. The molecule has 10 nitrogen and oxygen atoms in total. The predicted octanol–water partition coefficient (Wildman–Crippen LogP) is 2.98. The van der Waals surface area contributed by atoms with Gasteiger partial charge >= 0.3 is 0 Å². The van der Waals surface area contributed by atoms with E-state index in [0.717, 1.165) is 33.5 Å². The Morgan fingerprint density at radius 3 is 2.34 bits per heavy atom. The number of amides is 2. The molecule has 3 N–H and O–H groups in total. The number of carbonyl (C=O) groups is 2. The van der Waals surface area contributed by atoms with Crippen molar-refractivity contribution in [3.05, 3.63) is 72.3 Å². The van der Waals surface area contributed by atoms with Crippen LogP contribution >= 0.6 is 12.4 Å². The highest BCUT2D eigenvalue weighted by Gasteiger charge is 2.37. The number of hydrogen-bond donors (Lipinski definition) is 3. The van der Waals surface area contributed by atoms with Crippen molar-refractivity contribution in [1.82, 2.24) is 20.0 Å². The summed E-state index contributed by atoms with van der Waals surface area (Å²) in [6.45, 7) is 0.917. The summed E-state index contributed by atoms with van der Waals surface area (Å²) in [6.07, 6.45) is 1.51. The van der Waals surface area contributed by atoms with Crippen LogP contribution in [0.25, 0.3) is 10.8 Å². The molecule has 0 radical (unpaired) electrons. The Bertz CT molecular complexity index is 1420. The first-order valence-corrected chi connectivity index (χ1v) is 14.7. The number of halogens is 1. The summed E-state index contributed by atoms with van der Waals surface area (Å²) in [5, 5.41) is 14.7. The molecule has 0 spiro atoms. The molecule has 3 aromatic carbocycles. The Balaban J connectivity index is 0.00000462. The van der Waals surface area contributed by atoms with Crippen LogP contribution in [0, 0.1) is 0 Å². The number of hydroxylamine groups is 1. The summed E-state index contributed by atoms with van der Waals surface area (Å²) in [4.78, 5) is 27.9. The van der Waals surface area contributed by atoms with E-state index in [1.54, 1.807) is 10.4 Å². The fourth-order valence-electron chi connectivity index (χ4n) is 5.19. The van der Waals surface area contributed by atoms with Crippen LogP contribution in [0.3, 0.4) is 0 Å². The van der Waals surface area contributed by atoms with Crippen molar-refractivity contribution in [2.45, 2.75) is 42.7 Å². The minimum Gasteiger partial charge on any atom is -0.497 e. The highest BCUT2D eigenvalue weighted by molar-refractivity contribution is 7.89. The lowest BCUT2D eigenvalue weighted by Crippen LogP contribution is -2.51. The van der Waals surface area contributed by atoms with Crippen LogP contribution in [0.5, 0.6) is 5.75 Å². The summed E-state index contributed by atoms with van der Waals surface area (Å²) >= 11 is 0. The Morgan fingerprint density at radius 1 is 1.05 bits per heavy atom. The van der Waals surface area contributed by atoms with Gasteiger partial charge in [-0.1, -0.05) is 42.5 Å². The second-order valence-electron chi connectivity index (χ2n) is 9.82. The average molecular weight is 605 g/mol. The first kappa shape index (κ1) is 32.3. The molecule has 1 atom stereocenters. The van der Waals surface area contributed by atoms with Crippen LogP contribution in [0.15, 0.2) is 71.6 Å². The van der Waals surface area contributed by atoms with E-state index in [1.165, 1.54) is 31.4 Å². The third-order valence-electron chi connectivity index (χ3n) is 7.52. The Hall–Kier alpha value is -3.22. The van der Waals surface area contributed by atoms with Crippen LogP contribution < -0.4 is 15.5 Å². The molecule has 12 heteroatoms. The van der Waals surface area contributed by atoms with Crippen molar-refractivity contribution in [3.8, 4) is 5.75 Å². The van der Waals surface area contributed by atoms with E-state index in [-0.39, 0.29) is 42.6 Å². The van der Waals surface area contributed by atoms with Crippen LogP contribution in [0.2, 0.25) is 0 Å². The maximum absolute atomic E-state index is 14.0. The number of carbonyl (C=O) groups excluding carboxylic acids is 2. The molecule has 4 rings (SSSR count). The largest absolute Gasteiger partial charge is 0.497 e. The van der Waals surface area contributed by atoms with Crippen molar-refractivity contribution in [2.75, 3.05) is 33.8 Å². The molecule has 3 aromatic rings. The minimum atomic E-state index is -4.27. The zero-order chi connectivity index (χ0) is 28.7. The summed E-state index contributed by atoms with van der Waals surface area (Å²) in [5.41, 5.74) is 2.39. The predicted molar refractivity (Wildman–Crippen MR) is 159 cm³/mol. The fraction of sp³-hybridized carbons (Fsp3) is 0.379. The molecule has 1 unspecified atom stereocenters. The van der Waals surface area contributed by atoms with Gasteiger partial charge in [0.2, 0.25) is 15.9 Å². The van der Waals surface area contributed by atoms with E-state index in [9.17, 15) is 23.2 Å². The Morgan fingerprint density at radius 2 is 1.71 bits per heavy atom. The zero-order valence-corrected chi connectivity index (χ0v) is 24.8. The molecule has 0 aliphatic carbocycles. The van der Waals surface area contributed by atoms with Gasteiger partial charge in [0.05, 0.1) is 12.0 Å². The number of nitrogens with zero attached hydrogens (tertiary/aromatic N) is 2. The van der Waals surface area contributed by atoms with Gasteiger partial charge in [0.1, 0.15) is 11.8 Å². The fourth-order valence-corrected chi connectivity index (χ4v) is 6.77. The highest BCUT2D eigenvalue weighted by Crippen LogP contribution is 2.26. The number of ether oxygens (including phenoxy) is 1. The molecular formula is C29H37ClN4O6S. The molecule has 1 aliphatic rings. The van der Waals surface area contributed by atoms with E-state index in [2.05, 4.69) is 5.32 Å². The molecule has 0 saturated carbocycles. The van der Waals surface area contributed by atoms with Crippen molar-refractivity contribution >= 4 is 45.0 Å². The Labute approximate surface area is 247 Å². The van der Waals surface area contributed by atoms with Crippen molar-refractivity contribution < 1.29 is 28.0 Å². The zero-order valence-electron chi connectivity index (χ0n) is 23.2.